The third-order valence-electron chi connectivity index (χ3n) is 6.76. The maximum atomic E-state index is 9.77. The van der Waals surface area contributed by atoms with Crippen molar-refractivity contribution in [2.45, 2.75) is 12.8 Å². The van der Waals surface area contributed by atoms with Gasteiger partial charge in [0.25, 0.3) is 0 Å². The van der Waals surface area contributed by atoms with Gasteiger partial charge < -0.3 is 0 Å². The van der Waals surface area contributed by atoms with Crippen LogP contribution in [0.25, 0.3) is 50.6 Å². The van der Waals surface area contributed by atoms with Crippen LogP contribution in [0.5, 0.6) is 0 Å². The Morgan fingerprint density at radius 3 is 1.77 bits per heavy atom. The highest BCUT2D eigenvalue weighted by molar-refractivity contribution is 5.79. The molecule has 1 aliphatic rings. The molecule has 5 aromatic rings. The maximum absolute atomic E-state index is 9.77. The normalized spacial score (nSPS) is 12.3. The van der Waals surface area contributed by atoms with Gasteiger partial charge in [-0.2, -0.15) is 10.5 Å². The summed E-state index contributed by atoms with van der Waals surface area (Å²) in [5.41, 5.74) is 7.49. The number of nitrogens with zero attached hydrogens (tertiary/aromatic N) is 5. The summed E-state index contributed by atoms with van der Waals surface area (Å²) in [5.74, 6) is 1.86. The van der Waals surface area contributed by atoms with Crippen LogP contribution in [0.4, 0.5) is 0 Å². The van der Waals surface area contributed by atoms with Crippen molar-refractivity contribution in [2.75, 3.05) is 0 Å². The van der Waals surface area contributed by atoms with Crippen LogP contribution in [0.15, 0.2) is 115 Å². The van der Waals surface area contributed by atoms with Crippen LogP contribution in [0.1, 0.15) is 29.8 Å². The molecule has 5 nitrogen and oxygen atoms in total. The van der Waals surface area contributed by atoms with E-state index in [2.05, 4.69) is 30.4 Å². The maximum Gasteiger partial charge on any atom is 0.164 e. The standard InChI is InChI=1S/C35H23N5/c36-22-24-9-7-14-28(17-24)31-18-25(23-37)19-32(21-31)29-15-8-16-30(20-29)35-39-33(26-10-3-1-4-11-26)38-34(40-35)27-12-5-2-6-13-27/h1,3-5,7-21H,2,6H2. The first kappa shape index (κ1) is 24.7. The van der Waals surface area contributed by atoms with Crippen molar-refractivity contribution in [3.8, 4) is 57.2 Å². The summed E-state index contributed by atoms with van der Waals surface area (Å²) in [5, 5.41) is 19.1. The van der Waals surface area contributed by atoms with Crippen molar-refractivity contribution in [2.24, 2.45) is 0 Å². The van der Waals surface area contributed by atoms with Gasteiger partial charge in [-0.05, 0) is 71.5 Å². The Morgan fingerprint density at radius 1 is 0.500 bits per heavy atom. The molecule has 1 aliphatic carbocycles. The van der Waals surface area contributed by atoms with Crippen molar-refractivity contribution in [3.63, 3.8) is 0 Å². The average Bonchev–Trinajstić information content (AvgIpc) is 3.05. The predicted molar refractivity (Wildman–Crippen MR) is 157 cm³/mol. The molecule has 0 spiro atoms. The van der Waals surface area contributed by atoms with Crippen LogP contribution in [0.2, 0.25) is 0 Å². The van der Waals surface area contributed by atoms with E-state index in [4.69, 9.17) is 15.0 Å². The minimum atomic E-state index is 0.546. The van der Waals surface area contributed by atoms with Gasteiger partial charge in [-0.1, -0.05) is 78.9 Å². The summed E-state index contributed by atoms with van der Waals surface area (Å²) >= 11 is 0. The number of hydrogen-bond donors (Lipinski definition) is 0. The van der Waals surface area contributed by atoms with E-state index >= 15 is 0 Å². The molecule has 6 rings (SSSR count). The molecule has 0 saturated carbocycles. The van der Waals surface area contributed by atoms with Crippen LogP contribution < -0.4 is 0 Å². The van der Waals surface area contributed by atoms with Crippen molar-refractivity contribution in [1.82, 2.24) is 15.0 Å². The second-order valence-electron chi connectivity index (χ2n) is 9.50. The predicted octanol–water partition coefficient (Wildman–Crippen LogP) is 8.02. The van der Waals surface area contributed by atoms with E-state index < -0.39 is 0 Å². The molecule has 0 saturated heterocycles. The molecule has 40 heavy (non-hydrogen) atoms. The van der Waals surface area contributed by atoms with Crippen LogP contribution in [0, 0.1) is 22.7 Å². The number of aromatic nitrogens is 3. The van der Waals surface area contributed by atoms with Crippen LogP contribution in [-0.2, 0) is 0 Å². The second kappa shape index (κ2) is 11.0. The first-order valence-electron chi connectivity index (χ1n) is 13.1. The summed E-state index contributed by atoms with van der Waals surface area (Å²) < 4.78 is 0. The Morgan fingerprint density at radius 2 is 1.07 bits per heavy atom. The quantitative estimate of drug-likeness (QED) is 0.237. The van der Waals surface area contributed by atoms with E-state index in [0.717, 1.165) is 51.8 Å². The summed E-state index contributed by atoms with van der Waals surface area (Å²) in [6.07, 6.45) is 8.36. The summed E-state index contributed by atoms with van der Waals surface area (Å²) in [4.78, 5) is 14.6. The van der Waals surface area contributed by atoms with Gasteiger partial charge in [0.1, 0.15) is 0 Å². The number of hydrogen-bond acceptors (Lipinski definition) is 5. The fraction of sp³-hybridized carbons (Fsp3) is 0.0571. The fourth-order valence-electron chi connectivity index (χ4n) is 4.76. The van der Waals surface area contributed by atoms with Crippen LogP contribution in [-0.4, -0.2) is 15.0 Å². The highest BCUT2D eigenvalue weighted by Gasteiger charge is 2.14. The van der Waals surface area contributed by atoms with E-state index in [1.165, 1.54) is 0 Å². The first-order chi connectivity index (χ1) is 19.7. The van der Waals surface area contributed by atoms with Crippen molar-refractivity contribution >= 4 is 5.57 Å². The van der Waals surface area contributed by atoms with Gasteiger partial charge in [-0.15, -0.1) is 0 Å². The molecule has 188 valence electrons. The summed E-state index contributed by atoms with van der Waals surface area (Å²) in [7, 11) is 0. The lowest BCUT2D eigenvalue weighted by Crippen LogP contribution is -2.03. The molecule has 1 aromatic heterocycles. The zero-order valence-corrected chi connectivity index (χ0v) is 21.6. The van der Waals surface area contributed by atoms with Gasteiger partial charge in [0.2, 0.25) is 0 Å². The number of nitriles is 2. The third-order valence-corrected chi connectivity index (χ3v) is 6.76. The fourth-order valence-corrected chi connectivity index (χ4v) is 4.76. The van der Waals surface area contributed by atoms with E-state index in [1.807, 2.05) is 91.0 Å². The molecule has 0 aliphatic heterocycles. The molecule has 0 radical (unpaired) electrons. The molecule has 0 atom stereocenters. The minimum absolute atomic E-state index is 0.546. The van der Waals surface area contributed by atoms with Gasteiger partial charge in [0, 0.05) is 16.7 Å². The topological polar surface area (TPSA) is 86.2 Å². The number of benzene rings is 4. The van der Waals surface area contributed by atoms with Crippen molar-refractivity contribution < 1.29 is 0 Å². The van der Waals surface area contributed by atoms with Crippen molar-refractivity contribution in [3.05, 3.63) is 132 Å². The molecule has 0 unspecified atom stereocenters. The SMILES string of the molecule is N#Cc1cccc(-c2cc(C#N)cc(-c3cccc(-c4nc(C5=CCCC=C5)nc(-c5ccccc5)n4)c3)c2)c1. The van der Waals surface area contributed by atoms with Gasteiger partial charge in [0.15, 0.2) is 17.5 Å². The third kappa shape index (κ3) is 5.18. The Bertz CT molecular complexity index is 1870. The molecule has 0 bridgehead atoms. The van der Waals surface area contributed by atoms with E-state index in [-0.39, 0.29) is 0 Å². The van der Waals surface area contributed by atoms with Gasteiger partial charge in [-0.25, -0.2) is 15.0 Å². The van der Waals surface area contributed by atoms with E-state index in [0.29, 0.717) is 28.6 Å². The van der Waals surface area contributed by atoms with E-state index in [1.54, 1.807) is 6.07 Å². The molecular weight excluding hydrogens is 490 g/mol. The molecule has 1 heterocycles. The van der Waals surface area contributed by atoms with Gasteiger partial charge >= 0.3 is 0 Å². The average molecular weight is 514 g/mol. The second-order valence-corrected chi connectivity index (χ2v) is 9.50. The zero-order chi connectivity index (χ0) is 27.3. The molecule has 0 fully saturated rings. The molecule has 5 heteroatoms. The highest BCUT2D eigenvalue weighted by Crippen LogP contribution is 2.32. The van der Waals surface area contributed by atoms with Crippen LogP contribution >= 0.6 is 0 Å². The Balaban J connectivity index is 1.46. The minimum Gasteiger partial charge on any atom is -0.208 e. The van der Waals surface area contributed by atoms with E-state index in [9.17, 15) is 10.5 Å². The molecule has 0 N–H and O–H groups in total. The smallest absolute Gasteiger partial charge is 0.164 e. The van der Waals surface area contributed by atoms with Gasteiger partial charge in [0.05, 0.1) is 23.3 Å². The van der Waals surface area contributed by atoms with Crippen molar-refractivity contribution in [1.29, 1.82) is 10.5 Å². The van der Waals surface area contributed by atoms with Gasteiger partial charge in [-0.3, -0.25) is 0 Å². The Hall–Kier alpha value is -5.65. The lowest BCUT2D eigenvalue weighted by atomic mass is 9.95. The molecule has 0 amide bonds. The lowest BCUT2D eigenvalue weighted by molar-refractivity contribution is 1.01. The number of allylic oxidation sites excluding steroid dienone is 4. The highest BCUT2D eigenvalue weighted by atomic mass is 15.0. The lowest BCUT2D eigenvalue weighted by Gasteiger charge is -2.12. The molecule has 4 aromatic carbocycles. The molecular formula is C35H23N5. The summed E-state index contributed by atoms with van der Waals surface area (Å²) in [6.45, 7) is 0. The first-order valence-corrected chi connectivity index (χ1v) is 13.1. The summed E-state index contributed by atoms with van der Waals surface area (Å²) in [6, 6.07) is 35.6. The zero-order valence-electron chi connectivity index (χ0n) is 21.6. The number of rotatable bonds is 5. The van der Waals surface area contributed by atoms with Crippen LogP contribution in [0.3, 0.4) is 0 Å². The Labute approximate surface area is 233 Å². The monoisotopic (exact) mass is 513 g/mol. The largest absolute Gasteiger partial charge is 0.208 e. The Kier molecular flexibility index (Phi) is 6.78.